The molecule has 13 heteroatoms. The molecule has 0 bridgehead atoms. The Morgan fingerprint density at radius 1 is 0.932 bits per heavy atom. The van der Waals surface area contributed by atoms with Gasteiger partial charge < -0.3 is 15.0 Å². The quantitative estimate of drug-likeness (QED) is 0.162. The number of carbonyl (C=O) groups is 3. The molecule has 0 unspecified atom stereocenters. The molecule has 59 heavy (non-hydrogen) atoms. The molecule has 2 aliphatic carbocycles. The van der Waals surface area contributed by atoms with Crippen molar-refractivity contribution < 1.29 is 32.3 Å². The van der Waals surface area contributed by atoms with Gasteiger partial charge in [-0.25, -0.2) is 9.48 Å². The number of benzene rings is 4. The molecular formula is C46H38ClF3N4O4S. The van der Waals surface area contributed by atoms with Gasteiger partial charge in [0, 0.05) is 35.6 Å². The molecule has 0 atom stereocenters. The first-order valence-electron chi connectivity index (χ1n) is 19.4. The van der Waals surface area contributed by atoms with Crippen molar-refractivity contribution in [3.63, 3.8) is 0 Å². The van der Waals surface area contributed by atoms with E-state index in [4.69, 9.17) is 16.3 Å². The van der Waals surface area contributed by atoms with Gasteiger partial charge in [0.15, 0.2) is 5.78 Å². The molecule has 1 N–H and O–H groups in total. The van der Waals surface area contributed by atoms with Gasteiger partial charge >= 0.3 is 12.3 Å². The molecule has 9 rings (SSSR count). The highest BCUT2D eigenvalue weighted by molar-refractivity contribution is 7.17. The number of aromatic nitrogens is 2. The number of hydrogen-bond acceptors (Lipinski definition) is 6. The summed E-state index contributed by atoms with van der Waals surface area (Å²) in [5.74, 6) is -0.858. The van der Waals surface area contributed by atoms with Crippen LogP contribution in [-0.4, -0.2) is 45.6 Å². The minimum absolute atomic E-state index is 0.00724. The Morgan fingerprint density at radius 2 is 1.66 bits per heavy atom. The lowest BCUT2D eigenvalue weighted by Gasteiger charge is -2.29. The zero-order valence-electron chi connectivity index (χ0n) is 32.2. The summed E-state index contributed by atoms with van der Waals surface area (Å²) >= 11 is 7.21. The van der Waals surface area contributed by atoms with Gasteiger partial charge in [0.05, 0.1) is 33.6 Å². The Balaban J connectivity index is 0.933. The summed E-state index contributed by atoms with van der Waals surface area (Å²) in [7, 11) is 0. The van der Waals surface area contributed by atoms with Crippen LogP contribution in [0.2, 0.25) is 5.02 Å². The summed E-state index contributed by atoms with van der Waals surface area (Å²) in [4.78, 5) is 44.5. The predicted octanol–water partition coefficient (Wildman–Crippen LogP) is 10.9. The van der Waals surface area contributed by atoms with Gasteiger partial charge in [-0.1, -0.05) is 80.0 Å². The Hall–Kier alpha value is -5.72. The highest BCUT2D eigenvalue weighted by Crippen LogP contribution is 2.46. The summed E-state index contributed by atoms with van der Waals surface area (Å²) in [6.45, 7) is 5.30. The maximum Gasteiger partial charge on any atom is 0.417 e. The van der Waals surface area contributed by atoms with E-state index in [9.17, 15) is 27.6 Å². The summed E-state index contributed by atoms with van der Waals surface area (Å²) in [6, 6.07) is 25.3. The maximum atomic E-state index is 14.3. The minimum atomic E-state index is -4.67. The first-order chi connectivity index (χ1) is 28.2. The second-order valence-electron chi connectivity index (χ2n) is 16.1. The number of halogens is 4. The van der Waals surface area contributed by atoms with E-state index >= 15 is 0 Å². The third kappa shape index (κ3) is 7.33. The van der Waals surface area contributed by atoms with Crippen LogP contribution in [0.5, 0.6) is 0 Å². The van der Waals surface area contributed by atoms with Crippen LogP contribution in [0.3, 0.4) is 0 Å². The van der Waals surface area contributed by atoms with Crippen molar-refractivity contribution >= 4 is 45.7 Å². The molecule has 8 nitrogen and oxygen atoms in total. The van der Waals surface area contributed by atoms with E-state index in [1.165, 1.54) is 34.5 Å². The zero-order valence-corrected chi connectivity index (χ0v) is 33.7. The van der Waals surface area contributed by atoms with Gasteiger partial charge in [-0.05, 0) is 100 Å². The first kappa shape index (κ1) is 38.8. The van der Waals surface area contributed by atoms with Gasteiger partial charge in [0.1, 0.15) is 11.6 Å². The third-order valence-electron chi connectivity index (χ3n) is 11.7. The van der Waals surface area contributed by atoms with Gasteiger partial charge in [-0.3, -0.25) is 9.59 Å². The van der Waals surface area contributed by atoms with Crippen LogP contribution >= 0.6 is 22.9 Å². The number of nitrogens with zero attached hydrogens (tertiary/aromatic N) is 3. The average molecular weight is 835 g/mol. The predicted molar refractivity (Wildman–Crippen MR) is 221 cm³/mol. The van der Waals surface area contributed by atoms with E-state index in [2.05, 4.69) is 48.5 Å². The van der Waals surface area contributed by atoms with Crippen LogP contribution in [0, 0.1) is 5.41 Å². The highest BCUT2D eigenvalue weighted by Gasteiger charge is 2.36. The number of thiophene rings is 1. The van der Waals surface area contributed by atoms with Gasteiger partial charge in [0.25, 0.3) is 5.91 Å². The number of carbonyl (C=O) groups excluding carboxylic acids is 3. The summed E-state index contributed by atoms with van der Waals surface area (Å²) in [5.41, 5.74) is 7.29. The van der Waals surface area contributed by atoms with Gasteiger partial charge in [-0.2, -0.15) is 18.3 Å². The summed E-state index contributed by atoms with van der Waals surface area (Å²) in [5, 5.41) is 7.21. The van der Waals surface area contributed by atoms with Crippen molar-refractivity contribution in [3.8, 4) is 16.8 Å². The van der Waals surface area contributed by atoms with Gasteiger partial charge in [0.2, 0.25) is 0 Å². The monoisotopic (exact) mass is 834 g/mol. The lowest BCUT2D eigenvalue weighted by molar-refractivity contribution is -0.137. The highest BCUT2D eigenvalue weighted by atomic mass is 35.5. The summed E-state index contributed by atoms with van der Waals surface area (Å²) < 4.78 is 48.0. The lowest BCUT2D eigenvalue weighted by atomic mass is 9.76. The van der Waals surface area contributed by atoms with Crippen molar-refractivity contribution in [2.24, 2.45) is 5.41 Å². The van der Waals surface area contributed by atoms with E-state index in [1.54, 1.807) is 17.0 Å². The fourth-order valence-corrected chi connectivity index (χ4v) is 10.3. The van der Waals surface area contributed by atoms with E-state index in [-0.39, 0.29) is 35.7 Å². The van der Waals surface area contributed by atoms with Crippen LogP contribution in [0.15, 0.2) is 97.3 Å². The minimum Gasteiger partial charge on any atom is -0.448 e. The topological polar surface area (TPSA) is 93.5 Å². The summed E-state index contributed by atoms with van der Waals surface area (Å²) in [6.07, 6.45) is 0.406. The van der Waals surface area contributed by atoms with Crippen molar-refractivity contribution in [1.82, 2.24) is 14.7 Å². The molecule has 2 aromatic heterocycles. The van der Waals surface area contributed by atoms with Crippen molar-refractivity contribution in [1.29, 1.82) is 0 Å². The molecular weight excluding hydrogens is 797 g/mol. The van der Waals surface area contributed by atoms with Crippen LogP contribution in [0.1, 0.15) is 90.7 Å². The molecule has 0 saturated heterocycles. The zero-order chi connectivity index (χ0) is 41.2. The second-order valence-corrected chi connectivity index (χ2v) is 17.6. The van der Waals surface area contributed by atoms with E-state index in [1.807, 2.05) is 30.3 Å². The van der Waals surface area contributed by atoms with Crippen LogP contribution in [0.25, 0.3) is 16.8 Å². The number of alkyl halides is 3. The Labute approximate surface area is 347 Å². The first-order valence-corrected chi connectivity index (χ1v) is 20.6. The number of anilines is 1. The molecule has 0 saturated carbocycles. The van der Waals surface area contributed by atoms with Crippen molar-refractivity contribution in [2.45, 2.75) is 58.2 Å². The van der Waals surface area contributed by atoms with E-state index < -0.39 is 34.5 Å². The number of rotatable bonds is 7. The fraction of sp³-hybridized carbons (Fsp3) is 0.261. The van der Waals surface area contributed by atoms with E-state index in [0.29, 0.717) is 35.5 Å². The Morgan fingerprint density at radius 3 is 2.39 bits per heavy atom. The standard InChI is InChI=1S/C46H38ClF3N4O4S/c1-45(2)17-15-35-39(21-45)59-43(40(35)41(55)29-22-51-54(24-29)30-13-14-38(47)37(20-30)46(48,49)50)52-42(56)27-12-11-26-16-18-53(23-28(26)19-27)44(57)58-25-36-33-9-5-3-7-31(33)32-8-4-6-10-34(32)36/h3-14,19-20,22,24,36H,15-18,21,23,25H2,1-2H3,(H,52,56). The molecule has 4 aromatic carbocycles. The molecule has 0 fully saturated rings. The van der Waals surface area contributed by atoms with Crippen LogP contribution < -0.4 is 5.32 Å². The third-order valence-corrected chi connectivity index (χ3v) is 13.2. The Bertz CT molecular complexity index is 2640. The molecule has 3 aliphatic rings. The maximum absolute atomic E-state index is 14.3. The lowest BCUT2D eigenvalue weighted by Crippen LogP contribution is -2.37. The molecule has 3 heterocycles. The second kappa shape index (κ2) is 14.8. The molecule has 0 radical (unpaired) electrons. The average Bonchev–Trinajstić information content (AvgIpc) is 3.93. The normalized spacial score (nSPS) is 15.5. The Kier molecular flexibility index (Phi) is 9.75. The molecule has 2 amide bonds. The fourth-order valence-electron chi connectivity index (χ4n) is 8.55. The van der Waals surface area contributed by atoms with Crippen LogP contribution in [0.4, 0.5) is 23.0 Å². The number of ether oxygens (including phenoxy) is 1. The van der Waals surface area contributed by atoms with Crippen molar-refractivity contribution in [2.75, 3.05) is 18.5 Å². The smallest absolute Gasteiger partial charge is 0.417 e. The number of nitrogens with one attached hydrogen (secondary N) is 1. The SMILES string of the molecule is CC1(C)CCc2c(sc(NC(=O)c3ccc4c(c3)CN(C(=O)OCC3c5ccccc5-c5ccccc53)CC4)c2C(=O)c2cnn(-c3ccc(Cl)c(C(F)(F)F)c3)c2)C1. The molecule has 1 aliphatic heterocycles. The number of amides is 2. The van der Waals surface area contributed by atoms with Crippen molar-refractivity contribution in [3.05, 3.63) is 157 Å². The van der Waals surface area contributed by atoms with Gasteiger partial charge in [-0.15, -0.1) is 11.3 Å². The van der Waals surface area contributed by atoms with Crippen LogP contribution in [-0.2, 0) is 36.7 Å². The number of fused-ring (bicyclic) bond motifs is 5. The molecule has 6 aromatic rings. The number of ketones is 1. The molecule has 0 spiro atoms. The number of hydrogen-bond donors (Lipinski definition) is 1. The molecule has 300 valence electrons. The van der Waals surface area contributed by atoms with E-state index in [0.717, 1.165) is 68.8 Å². The largest absolute Gasteiger partial charge is 0.448 e.